The number of hydrogen-bond donors (Lipinski definition) is 2. The van der Waals surface area contributed by atoms with E-state index >= 15 is 0 Å². The van der Waals surface area contributed by atoms with Crippen LogP contribution < -0.4 is 10.5 Å². The van der Waals surface area contributed by atoms with Crippen molar-refractivity contribution in [2.24, 2.45) is 0 Å². The lowest BCUT2D eigenvalue weighted by Crippen LogP contribution is -2.36. The van der Waals surface area contributed by atoms with Gasteiger partial charge in [-0.2, -0.15) is 0 Å². The maximum atomic E-state index is 12.3. The van der Waals surface area contributed by atoms with Crippen molar-refractivity contribution >= 4 is 21.4 Å². The van der Waals surface area contributed by atoms with Gasteiger partial charge in [-0.05, 0) is 25.0 Å². The maximum absolute atomic E-state index is 12.3. The molecule has 0 heterocycles. The van der Waals surface area contributed by atoms with Crippen molar-refractivity contribution in [1.82, 2.24) is 4.72 Å². The summed E-state index contributed by atoms with van der Waals surface area (Å²) >= 11 is 0. The molecular weight excluding hydrogens is 282 g/mol. The van der Waals surface area contributed by atoms with Gasteiger partial charge < -0.3 is 5.73 Å². The highest BCUT2D eigenvalue weighted by atomic mass is 32.2. The van der Waals surface area contributed by atoms with Gasteiger partial charge in [0.05, 0.1) is 4.92 Å². The number of nitrogens with zero attached hydrogens (tertiary/aromatic N) is 1. The number of nitrogens with two attached hydrogens (primary N) is 1. The average molecular weight is 299 g/mol. The molecule has 1 saturated carbocycles. The Labute approximate surface area is 117 Å². The fourth-order valence-corrected chi connectivity index (χ4v) is 3.91. The summed E-state index contributed by atoms with van der Waals surface area (Å²) in [6.07, 6.45) is 4.54. The summed E-state index contributed by atoms with van der Waals surface area (Å²) in [4.78, 5) is 9.86. The number of sulfonamides is 1. The van der Waals surface area contributed by atoms with E-state index in [9.17, 15) is 18.5 Å². The zero-order valence-corrected chi connectivity index (χ0v) is 11.7. The molecular formula is C12H17N3O4S. The lowest BCUT2D eigenvalue weighted by Gasteiger charge is -2.22. The summed E-state index contributed by atoms with van der Waals surface area (Å²) in [7, 11) is -3.93. The fraction of sp³-hybridized carbons (Fsp3) is 0.500. The molecule has 0 unspecified atom stereocenters. The van der Waals surface area contributed by atoms with Crippen LogP contribution in [-0.4, -0.2) is 19.4 Å². The van der Waals surface area contributed by atoms with Gasteiger partial charge in [0.1, 0.15) is 0 Å². The number of nitrogen functional groups attached to an aromatic ring is 1. The standard InChI is InChI=1S/C12H17N3O4S/c13-9-6-7-11(15(16)17)12(8-9)20(18,19)14-10-4-2-1-3-5-10/h6-8,10,14H,1-5,13H2. The zero-order valence-electron chi connectivity index (χ0n) is 10.9. The van der Waals surface area contributed by atoms with Crippen LogP contribution in [0.2, 0.25) is 0 Å². The van der Waals surface area contributed by atoms with Crippen molar-refractivity contribution in [3.63, 3.8) is 0 Å². The topological polar surface area (TPSA) is 115 Å². The van der Waals surface area contributed by atoms with Gasteiger partial charge in [0.25, 0.3) is 5.69 Å². The Morgan fingerprint density at radius 3 is 2.50 bits per heavy atom. The lowest BCUT2D eigenvalue weighted by molar-refractivity contribution is -0.387. The number of nitro benzene ring substituents is 1. The van der Waals surface area contributed by atoms with Crippen molar-refractivity contribution < 1.29 is 13.3 Å². The molecule has 1 aliphatic rings. The Hall–Kier alpha value is -1.67. The summed E-state index contributed by atoms with van der Waals surface area (Å²) in [5.41, 5.74) is 5.27. The van der Waals surface area contributed by atoms with Crippen molar-refractivity contribution in [2.75, 3.05) is 5.73 Å². The fourth-order valence-electron chi connectivity index (χ4n) is 2.40. The Morgan fingerprint density at radius 2 is 1.90 bits per heavy atom. The van der Waals surface area contributed by atoms with Gasteiger partial charge in [0, 0.05) is 17.8 Å². The average Bonchev–Trinajstić information content (AvgIpc) is 2.39. The third-order valence-corrected chi connectivity index (χ3v) is 4.95. The van der Waals surface area contributed by atoms with Crippen LogP contribution in [0.1, 0.15) is 32.1 Å². The molecule has 0 radical (unpaired) electrons. The molecule has 1 aliphatic carbocycles. The third-order valence-electron chi connectivity index (χ3n) is 3.40. The van der Waals surface area contributed by atoms with E-state index in [4.69, 9.17) is 5.73 Å². The second kappa shape index (κ2) is 5.76. The molecule has 2 rings (SSSR count). The maximum Gasteiger partial charge on any atom is 0.289 e. The quantitative estimate of drug-likeness (QED) is 0.499. The van der Waals surface area contributed by atoms with E-state index in [0.29, 0.717) is 0 Å². The first-order valence-corrected chi connectivity index (χ1v) is 7.95. The SMILES string of the molecule is Nc1ccc([N+](=O)[O-])c(S(=O)(=O)NC2CCCCC2)c1. The van der Waals surface area contributed by atoms with E-state index in [-0.39, 0.29) is 16.6 Å². The Morgan fingerprint density at radius 1 is 1.25 bits per heavy atom. The van der Waals surface area contributed by atoms with Crippen LogP contribution in [-0.2, 0) is 10.0 Å². The molecule has 0 bridgehead atoms. The van der Waals surface area contributed by atoms with Gasteiger partial charge in [-0.1, -0.05) is 19.3 Å². The number of nitro groups is 1. The summed E-state index contributed by atoms with van der Waals surface area (Å²) in [5, 5.41) is 10.9. The minimum atomic E-state index is -3.93. The molecule has 0 atom stereocenters. The largest absolute Gasteiger partial charge is 0.399 e. The highest BCUT2D eigenvalue weighted by Crippen LogP contribution is 2.27. The highest BCUT2D eigenvalue weighted by Gasteiger charge is 2.28. The summed E-state index contributed by atoms with van der Waals surface area (Å²) in [5.74, 6) is 0. The van der Waals surface area contributed by atoms with Crippen LogP contribution in [0.15, 0.2) is 23.1 Å². The van der Waals surface area contributed by atoms with Crippen LogP contribution in [0.3, 0.4) is 0 Å². The zero-order chi connectivity index (χ0) is 14.8. The number of nitrogens with one attached hydrogen (secondary N) is 1. The molecule has 0 aliphatic heterocycles. The second-order valence-electron chi connectivity index (χ2n) is 4.94. The first-order chi connectivity index (χ1) is 9.40. The Bertz CT molecular complexity index is 609. The third kappa shape index (κ3) is 3.26. The Balaban J connectivity index is 2.32. The van der Waals surface area contributed by atoms with E-state index in [2.05, 4.69) is 4.72 Å². The minimum Gasteiger partial charge on any atom is -0.399 e. The first-order valence-electron chi connectivity index (χ1n) is 6.46. The molecule has 1 fully saturated rings. The molecule has 8 heteroatoms. The first kappa shape index (κ1) is 14.7. The van der Waals surface area contributed by atoms with E-state index in [1.54, 1.807) is 0 Å². The molecule has 1 aromatic rings. The minimum absolute atomic E-state index is 0.158. The normalized spacial score (nSPS) is 17.0. The van der Waals surface area contributed by atoms with Crippen LogP contribution in [0, 0.1) is 10.1 Å². The van der Waals surface area contributed by atoms with Crippen molar-refractivity contribution in [3.8, 4) is 0 Å². The molecule has 0 aromatic heterocycles. The van der Waals surface area contributed by atoms with Crippen molar-refractivity contribution in [2.45, 2.75) is 43.0 Å². The van der Waals surface area contributed by atoms with Crippen LogP contribution in [0.25, 0.3) is 0 Å². The summed E-state index contributed by atoms with van der Waals surface area (Å²) < 4.78 is 27.2. The predicted octanol–water partition coefficient (Wildman–Crippen LogP) is 1.79. The van der Waals surface area contributed by atoms with Crippen LogP contribution in [0.5, 0.6) is 0 Å². The van der Waals surface area contributed by atoms with Crippen molar-refractivity contribution in [1.29, 1.82) is 0 Å². The summed E-state index contributed by atoms with van der Waals surface area (Å²) in [6, 6.07) is 3.40. The second-order valence-corrected chi connectivity index (χ2v) is 6.62. The number of benzene rings is 1. The van der Waals surface area contributed by atoms with E-state index < -0.39 is 20.6 Å². The van der Waals surface area contributed by atoms with Crippen LogP contribution in [0.4, 0.5) is 11.4 Å². The molecule has 20 heavy (non-hydrogen) atoms. The molecule has 0 saturated heterocycles. The predicted molar refractivity (Wildman–Crippen MR) is 74.7 cm³/mol. The van der Waals surface area contributed by atoms with Crippen LogP contribution >= 0.6 is 0 Å². The number of hydrogen-bond acceptors (Lipinski definition) is 5. The highest BCUT2D eigenvalue weighted by molar-refractivity contribution is 7.89. The van der Waals surface area contributed by atoms with E-state index in [1.807, 2.05) is 0 Å². The van der Waals surface area contributed by atoms with Gasteiger partial charge in [-0.3, -0.25) is 10.1 Å². The summed E-state index contributed by atoms with van der Waals surface area (Å²) in [6.45, 7) is 0. The monoisotopic (exact) mass is 299 g/mol. The van der Waals surface area contributed by atoms with Gasteiger partial charge in [-0.15, -0.1) is 0 Å². The smallest absolute Gasteiger partial charge is 0.289 e. The van der Waals surface area contributed by atoms with E-state index in [0.717, 1.165) is 44.2 Å². The van der Waals surface area contributed by atoms with Gasteiger partial charge in [-0.25, -0.2) is 13.1 Å². The van der Waals surface area contributed by atoms with Crippen molar-refractivity contribution in [3.05, 3.63) is 28.3 Å². The van der Waals surface area contributed by atoms with E-state index in [1.165, 1.54) is 6.07 Å². The molecule has 0 spiro atoms. The number of anilines is 1. The molecule has 0 amide bonds. The number of rotatable bonds is 4. The lowest BCUT2D eigenvalue weighted by atomic mass is 9.96. The van der Waals surface area contributed by atoms with Gasteiger partial charge >= 0.3 is 0 Å². The molecule has 3 N–H and O–H groups in total. The molecule has 1 aromatic carbocycles. The Kier molecular flexibility index (Phi) is 4.24. The molecule has 7 nitrogen and oxygen atoms in total. The molecule has 110 valence electrons. The van der Waals surface area contributed by atoms with Gasteiger partial charge in [0.15, 0.2) is 4.90 Å². The van der Waals surface area contributed by atoms with Gasteiger partial charge in [0.2, 0.25) is 10.0 Å².